The minimum Gasteiger partial charge on any atom is -0.449 e. The van der Waals surface area contributed by atoms with E-state index in [4.69, 9.17) is 16.3 Å². The normalized spacial score (nSPS) is 11.5. The topological polar surface area (TPSA) is 55.4 Å². The van der Waals surface area contributed by atoms with Crippen LogP contribution in [0.15, 0.2) is 54.6 Å². The smallest absolute Gasteiger partial charge is 0.338 e. The van der Waals surface area contributed by atoms with Crippen molar-refractivity contribution in [2.24, 2.45) is 0 Å². The molecule has 0 radical (unpaired) electrons. The molecule has 2 rings (SSSR count). The lowest BCUT2D eigenvalue weighted by molar-refractivity contribution is -0.123. The molecule has 0 aromatic heterocycles. The molecule has 4 nitrogen and oxygen atoms in total. The van der Waals surface area contributed by atoms with Crippen molar-refractivity contribution in [3.8, 4) is 0 Å². The summed E-state index contributed by atoms with van der Waals surface area (Å²) in [5.41, 5.74) is 0.954. The number of carbonyl (C=O) groups is 2. The van der Waals surface area contributed by atoms with E-state index in [9.17, 15) is 9.59 Å². The minimum absolute atomic E-state index is 0.307. The second-order valence-corrected chi connectivity index (χ2v) is 4.85. The Morgan fingerprint density at radius 1 is 1.10 bits per heavy atom. The number of benzene rings is 2. The standard InChI is InChI=1S/C16H14ClNO3/c1-11(15(19)18-14-8-3-2-4-9-14)21-16(20)12-6-5-7-13(17)10-12/h2-11H,1H3,(H,18,19). The van der Waals surface area contributed by atoms with Gasteiger partial charge in [0.1, 0.15) is 0 Å². The maximum atomic E-state index is 11.9. The van der Waals surface area contributed by atoms with Gasteiger partial charge in [-0.2, -0.15) is 0 Å². The molecule has 2 aromatic carbocycles. The summed E-state index contributed by atoms with van der Waals surface area (Å²) in [6.45, 7) is 1.51. The molecule has 1 atom stereocenters. The Bertz CT molecular complexity index is 643. The Hall–Kier alpha value is -2.33. The highest BCUT2D eigenvalue weighted by molar-refractivity contribution is 6.30. The summed E-state index contributed by atoms with van der Waals surface area (Å²) < 4.78 is 5.12. The minimum atomic E-state index is -0.906. The van der Waals surface area contributed by atoms with Gasteiger partial charge in [0.2, 0.25) is 0 Å². The van der Waals surface area contributed by atoms with E-state index in [1.807, 2.05) is 6.07 Å². The SMILES string of the molecule is CC(OC(=O)c1cccc(Cl)c1)C(=O)Nc1ccccc1. The molecule has 0 aliphatic rings. The first-order chi connectivity index (χ1) is 10.1. The maximum Gasteiger partial charge on any atom is 0.338 e. The highest BCUT2D eigenvalue weighted by Crippen LogP contribution is 2.13. The number of hydrogen-bond donors (Lipinski definition) is 1. The number of rotatable bonds is 4. The van der Waals surface area contributed by atoms with E-state index in [2.05, 4.69) is 5.32 Å². The Balaban J connectivity index is 1.96. The Kier molecular flexibility index (Phi) is 4.95. The van der Waals surface area contributed by atoms with Crippen molar-refractivity contribution in [2.75, 3.05) is 5.32 Å². The van der Waals surface area contributed by atoms with Crippen molar-refractivity contribution in [1.82, 2.24) is 0 Å². The molecule has 0 aliphatic carbocycles. The molecule has 1 amide bonds. The van der Waals surface area contributed by atoms with E-state index < -0.39 is 18.0 Å². The van der Waals surface area contributed by atoms with Gasteiger partial charge in [0.25, 0.3) is 5.91 Å². The molecule has 0 heterocycles. The number of ether oxygens (including phenoxy) is 1. The van der Waals surface area contributed by atoms with Gasteiger partial charge < -0.3 is 10.1 Å². The van der Waals surface area contributed by atoms with Crippen molar-refractivity contribution in [1.29, 1.82) is 0 Å². The van der Waals surface area contributed by atoms with Crippen LogP contribution in [0.4, 0.5) is 5.69 Å². The summed E-state index contributed by atoms with van der Waals surface area (Å²) in [7, 11) is 0. The zero-order valence-corrected chi connectivity index (χ0v) is 12.1. The molecule has 1 N–H and O–H groups in total. The van der Waals surface area contributed by atoms with E-state index in [1.165, 1.54) is 13.0 Å². The fraction of sp³-hybridized carbons (Fsp3) is 0.125. The van der Waals surface area contributed by atoms with Gasteiger partial charge in [0.15, 0.2) is 6.10 Å². The van der Waals surface area contributed by atoms with Crippen LogP contribution in [0, 0.1) is 0 Å². The molecule has 0 aliphatic heterocycles. The van der Waals surface area contributed by atoms with Gasteiger partial charge in [0.05, 0.1) is 5.56 Å². The molecule has 108 valence electrons. The van der Waals surface area contributed by atoms with Crippen molar-refractivity contribution in [3.63, 3.8) is 0 Å². The predicted molar refractivity (Wildman–Crippen MR) is 81.4 cm³/mol. The van der Waals surface area contributed by atoms with E-state index in [1.54, 1.807) is 42.5 Å². The van der Waals surface area contributed by atoms with Crippen LogP contribution in [-0.4, -0.2) is 18.0 Å². The zero-order chi connectivity index (χ0) is 15.2. The number of anilines is 1. The van der Waals surface area contributed by atoms with Gasteiger partial charge >= 0.3 is 5.97 Å². The monoisotopic (exact) mass is 303 g/mol. The summed E-state index contributed by atoms with van der Waals surface area (Å²) in [4.78, 5) is 23.8. The van der Waals surface area contributed by atoms with E-state index in [-0.39, 0.29) is 0 Å². The summed E-state index contributed by atoms with van der Waals surface area (Å²) in [5.74, 6) is -0.982. The van der Waals surface area contributed by atoms with Crippen LogP contribution < -0.4 is 5.32 Å². The molecular formula is C16H14ClNO3. The fourth-order valence-corrected chi connectivity index (χ4v) is 1.85. The second-order valence-electron chi connectivity index (χ2n) is 4.41. The number of para-hydroxylation sites is 1. The van der Waals surface area contributed by atoms with Crippen LogP contribution in [0.2, 0.25) is 5.02 Å². The molecule has 1 unspecified atom stereocenters. The summed E-state index contributed by atoms with van der Waals surface area (Å²) in [6.07, 6.45) is -0.906. The van der Waals surface area contributed by atoms with Crippen molar-refractivity contribution < 1.29 is 14.3 Å². The number of hydrogen-bond acceptors (Lipinski definition) is 3. The van der Waals surface area contributed by atoms with E-state index in [0.717, 1.165) is 0 Å². The first-order valence-electron chi connectivity index (χ1n) is 6.39. The molecule has 0 spiro atoms. The third kappa shape index (κ3) is 4.33. The number of halogens is 1. The molecule has 2 aromatic rings. The lowest BCUT2D eigenvalue weighted by Crippen LogP contribution is -2.29. The maximum absolute atomic E-state index is 11.9. The Morgan fingerprint density at radius 2 is 1.81 bits per heavy atom. The van der Waals surface area contributed by atoms with Crippen LogP contribution in [0.5, 0.6) is 0 Å². The first-order valence-corrected chi connectivity index (χ1v) is 6.76. The van der Waals surface area contributed by atoms with Crippen molar-refractivity contribution in [3.05, 3.63) is 65.2 Å². The van der Waals surface area contributed by atoms with Crippen LogP contribution in [0.1, 0.15) is 17.3 Å². The summed E-state index contributed by atoms with van der Waals surface area (Å²) in [5, 5.41) is 3.10. The quantitative estimate of drug-likeness (QED) is 0.879. The summed E-state index contributed by atoms with van der Waals surface area (Å²) >= 11 is 5.81. The third-order valence-electron chi connectivity index (χ3n) is 2.75. The highest BCUT2D eigenvalue weighted by Gasteiger charge is 2.19. The third-order valence-corrected chi connectivity index (χ3v) is 2.99. The number of nitrogens with one attached hydrogen (secondary N) is 1. The summed E-state index contributed by atoms with van der Waals surface area (Å²) in [6, 6.07) is 15.3. The predicted octanol–water partition coefficient (Wildman–Crippen LogP) is 3.52. The van der Waals surface area contributed by atoms with Gasteiger partial charge in [-0.15, -0.1) is 0 Å². The fourth-order valence-electron chi connectivity index (χ4n) is 1.66. The highest BCUT2D eigenvalue weighted by atomic mass is 35.5. The van der Waals surface area contributed by atoms with Gasteiger partial charge in [-0.3, -0.25) is 4.79 Å². The lowest BCUT2D eigenvalue weighted by Gasteiger charge is -2.13. The molecular weight excluding hydrogens is 290 g/mol. The van der Waals surface area contributed by atoms with Gasteiger partial charge in [0, 0.05) is 10.7 Å². The van der Waals surface area contributed by atoms with Crippen LogP contribution in [-0.2, 0) is 9.53 Å². The van der Waals surface area contributed by atoms with Gasteiger partial charge in [-0.05, 0) is 37.3 Å². The Labute approximate surface area is 127 Å². The van der Waals surface area contributed by atoms with Crippen LogP contribution in [0.25, 0.3) is 0 Å². The number of carbonyl (C=O) groups excluding carboxylic acids is 2. The Morgan fingerprint density at radius 3 is 2.48 bits per heavy atom. The van der Waals surface area contributed by atoms with Crippen molar-refractivity contribution >= 4 is 29.2 Å². The number of esters is 1. The molecule has 0 saturated heterocycles. The van der Waals surface area contributed by atoms with Crippen LogP contribution >= 0.6 is 11.6 Å². The molecule has 0 saturated carbocycles. The molecule has 21 heavy (non-hydrogen) atoms. The largest absolute Gasteiger partial charge is 0.449 e. The average Bonchev–Trinajstić information content (AvgIpc) is 2.48. The number of amides is 1. The first kappa shape index (κ1) is 15.1. The average molecular weight is 304 g/mol. The molecule has 5 heteroatoms. The van der Waals surface area contributed by atoms with Gasteiger partial charge in [-0.1, -0.05) is 35.9 Å². The van der Waals surface area contributed by atoms with Gasteiger partial charge in [-0.25, -0.2) is 4.79 Å². The molecule has 0 bridgehead atoms. The lowest BCUT2D eigenvalue weighted by atomic mass is 10.2. The van der Waals surface area contributed by atoms with E-state index >= 15 is 0 Å². The zero-order valence-electron chi connectivity index (χ0n) is 11.4. The molecule has 0 fully saturated rings. The van der Waals surface area contributed by atoms with E-state index in [0.29, 0.717) is 16.3 Å². The van der Waals surface area contributed by atoms with Crippen LogP contribution in [0.3, 0.4) is 0 Å². The second kappa shape index (κ2) is 6.90. The van der Waals surface area contributed by atoms with Crippen molar-refractivity contribution in [2.45, 2.75) is 13.0 Å².